The van der Waals surface area contributed by atoms with Gasteiger partial charge in [0.1, 0.15) is 0 Å². The summed E-state index contributed by atoms with van der Waals surface area (Å²) in [5, 5.41) is 3.25. The monoisotopic (exact) mass is 127 g/mol. The minimum Gasteiger partial charge on any atom is -0.388 e. The summed E-state index contributed by atoms with van der Waals surface area (Å²) in [5.41, 5.74) is 2.89. The third-order valence-corrected chi connectivity index (χ3v) is 1.53. The van der Waals surface area contributed by atoms with Gasteiger partial charge >= 0.3 is 0 Å². The molecule has 1 heteroatoms. The molecule has 1 rings (SSSR count). The highest BCUT2D eigenvalue weighted by molar-refractivity contribution is 5.12. The van der Waals surface area contributed by atoms with Crippen LogP contribution in [0.15, 0.2) is 11.3 Å². The molecule has 0 saturated carbocycles. The fourth-order valence-corrected chi connectivity index (χ4v) is 0.776. The molecule has 0 spiro atoms. The lowest BCUT2D eigenvalue weighted by Crippen LogP contribution is -2.03. The van der Waals surface area contributed by atoms with Crippen LogP contribution in [-0.2, 0) is 0 Å². The van der Waals surface area contributed by atoms with Crippen molar-refractivity contribution in [3.8, 4) is 0 Å². The van der Waals surface area contributed by atoms with Gasteiger partial charge in [-0.1, -0.05) is 19.4 Å². The maximum Gasteiger partial charge on any atom is 0.0181 e. The van der Waals surface area contributed by atoms with Gasteiger partial charge in [-0.2, -0.15) is 0 Å². The largest absolute Gasteiger partial charge is 0.388 e. The predicted molar refractivity (Wildman–Crippen MR) is 42.3 cm³/mol. The van der Waals surface area contributed by atoms with Crippen molar-refractivity contribution in [3.63, 3.8) is 0 Å². The van der Waals surface area contributed by atoms with Crippen LogP contribution in [0.25, 0.3) is 0 Å². The van der Waals surface area contributed by atoms with Crippen molar-refractivity contribution in [3.05, 3.63) is 11.3 Å². The Kier molecular flexibility index (Phi) is 4.20. The highest BCUT2D eigenvalue weighted by Crippen LogP contribution is 2.09. The van der Waals surface area contributed by atoms with E-state index in [-0.39, 0.29) is 0 Å². The van der Waals surface area contributed by atoms with Gasteiger partial charge in [-0.25, -0.2) is 0 Å². The molecule has 1 aliphatic heterocycles. The van der Waals surface area contributed by atoms with Gasteiger partial charge in [0.2, 0.25) is 0 Å². The lowest BCUT2D eigenvalue weighted by molar-refractivity contribution is 0.872. The number of hydrogen-bond acceptors (Lipinski definition) is 1. The topological polar surface area (TPSA) is 12.0 Å². The quantitative estimate of drug-likeness (QED) is 0.526. The summed E-state index contributed by atoms with van der Waals surface area (Å²) in [5.74, 6) is 0. The molecular weight excluding hydrogens is 110 g/mol. The molecule has 0 saturated heterocycles. The predicted octanol–water partition coefficient (Wildman–Crippen LogP) is 2.30. The molecule has 1 heterocycles. The molecule has 0 amide bonds. The summed E-state index contributed by atoms with van der Waals surface area (Å²) >= 11 is 0. The molecule has 0 unspecified atom stereocenters. The zero-order valence-corrected chi connectivity index (χ0v) is 6.91. The van der Waals surface area contributed by atoms with E-state index in [0.29, 0.717) is 0 Å². The van der Waals surface area contributed by atoms with Crippen LogP contribution in [0.5, 0.6) is 0 Å². The van der Waals surface area contributed by atoms with E-state index in [4.69, 9.17) is 0 Å². The molecule has 0 bridgehead atoms. The van der Waals surface area contributed by atoms with Crippen LogP contribution in [0.2, 0.25) is 0 Å². The third-order valence-electron chi connectivity index (χ3n) is 1.53. The second-order valence-corrected chi connectivity index (χ2v) is 2.08. The van der Waals surface area contributed by atoms with Crippen molar-refractivity contribution < 1.29 is 0 Å². The summed E-state index contributed by atoms with van der Waals surface area (Å²) in [4.78, 5) is 0. The number of rotatable bonds is 0. The summed E-state index contributed by atoms with van der Waals surface area (Å²) in [6.07, 6.45) is 1.24. The maximum absolute atomic E-state index is 3.25. The standard InChI is InChI=1S/C6H11N.C2H6/c1-5-3-4-7-6(5)2;1-2/h7H,3-4H2,1-2H3;1-2H3. The minimum absolute atomic E-state index is 1.15. The molecule has 0 aromatic rings. The van der Waals surface area contributed by atoms with Gasteiger partial charge in [-0.15, -0.1) is 0 Å². The van der Waals surface area contributed by atoms with E-state index in [2.05, 4.69) is 19.2 Å². The number of hydrogen-bond donors (Lipinski definition) is 1. The van der Waals surface area contributed by atoms with E-state index < -0.39 is 0 Å². The SMILES string of the molecule is CC.CC1=C(C)NCC1. The average Bonchev–Trinajstić information content (AvgIpc) is 2.23. The molecule has 1 aliphatic rings. The van der Waals surface area contributed by atoms with Crippen LogP contribution in [0.4, 0.5) is 0 Å². The Morgan fingerprint density at radius 2 is 1.78 bits per heavy atom. The second kappa shape index (κ2) is 4.42. The lowest BCUT2D eigenvalue weighted by Gasteiger charge is -1.91. The van der Waals surface area contributed by atoms with Gasteiger partial charge in [0.05, 0.1) is 0 Å². The molecule has 0 aromatic heterocycles. The first-order valence-corrected chi connectivity index (χ1v) is 3.71. The van der Waals surface area contributed by atoms with Crippen LogP contribution in [0.1, 0.15) is 34.1 Å². The lowest BCUT2D eigenvalue weighted by atomic mass is 10.2. The van der Waals surface area contributed by atoms with E-state index in [9.17, 15) is 0 Å². The summed E-state index contributed by atoms with van der Waals surface area (Å²) in [7, 11) is 0. The van der Waals surface area contributed by atoms with E-state index >= 15 is 0 Å². The van der Waals surface area contributed by atoms with Gasteiger partial charge in [-0.3, -0.25) is 0 Å². The van der Waals surface area contributed by atoms with E-state index in [0.717, 1.165) is 6.54 Å². The van der Waals surface area contributed by atoms with Crippen LogP contribution < -0.4 is 5.32 Å². The Balaban J connectivity index is 0.000000291. The second-order valence-electron chi connectivity index (χ2n) is 2.08. The molecular formula is C8H17N. The van der Waals surface area contributed by atoms with Crippen molar-refractivity contribution >= 4 is 0 Å². The number of nitrogens with one attached hydrogen (secondary N) is 1. The molecule has 0 fully saturated rings. The Hall–Kier alpha value is -0.460. The Morgan fingerprint density at radius 1 is 1.22 bits per heavy atom. The van der Waals surface area contributed by atoms with Gasteiger partial charge in [-0.05, 0) is 20.3 Å². The van der Waals surface area contributed by atoms with Crippen LogP contribution in [0.3, 0.4) is 0 Å². The van der Waals surface area contributed by atoms with Gasteiger partial charge in [0.25, 0.3) is 0 Å². The van der Waals surface area contributed by atoms with Crippen LogP contribution in [-0.4, -0.2) is 6.54 Å². The number of allylic oxidation sites excluding steroid dienone is 1. The van der Waals surface area contributed by atoms with E-state index in [1.54, 1.807) is 0 Å². The molecule has 54 valence electrons. The summed E-state index contributed by atoms with van der Waals surface area (Å²) in [6, 6.07) is 0. The zero-order valence-electron chi connectivity index (χ0n) is 6.91. The highest BCUT2D eigenvalue weighted by Gasteiger charge is 2.02. The maximum atomic E-state index is 3.25. The zero-order chi connectivity index (χ0) is 7.28. The van der Waals surface area contributed by atoms with Crippen molar-refractivity contribution in [1.82, 2.24) is 5.32 Å². The van der Waals surface area contributed by atoms with Crippen molar-refractivity contribution in [2.75, 3.05) is 6.54 Å². The van der Waals surface area contributed by atoms with Crippen molar-refractivity contribution in [1.29, 1.82) is 0 Å². The summed E-state index contributed by atoms with van der Waals surface area (Å²) < 4.78 is 0. The Labute approximate surface area is 58.2 Å². The minimum atomic E-state index is 1.15. The molecule has 0 atom stereocenters. The van der Waals surface area contributed by atoms with Gasteiger partial charge in [0.15, 0.2) is 0 Å². The van der Waals surface area contributed by atoms with E-state index in [1.165, 1.54) is 17.7 Å². The molecule has 0 aromatic carbocycles. The Morgan fingerprint density at radius 3 is 1.89 bits per heavy atom. The van der Waals surface area contributed by atoms with Crippen molar-refractivity contribution in [2.45, 2.75) is 34.1 Å². The van der Waals surface area contributed by atoms with Crippen LogP contribution >= 0.6 is 0 Å². The first-order chi connectivity index (χ1) is 4.30. The van der Waals surface area contributed by atoms with Crippen molar-refractivity contribution in [2.24, 2.45) is 0 Å². The molecule has 0 aliphatic carbocycles. The smallest absolute Gasteiger partial charge is 0.0181 e. The molecule has 0 radical (unpaired) electrons. The third kappa shape index (κ3) is 2.54. The molecule has 1 nitrogen and oxygen atoms in total. The normalized spacial score (nSPS) is 16.4. The first-order valence-electron chi connectivity index (χ1n) is 3.71. The van der Waals surface area contributed by atoms with Gasteiger partial charge < -0.3 is 5.32 Å². The van der Waals surface area contributed by atoms with Gasteiger partial charge in [0, 0.05) is 12.2 Å². The first kappa shape index (κ1) is 8.54. The summed E-state index contributed by atoms with van der Waals surface area (Å²) in [6.45, 7) is 9.45. The molecule has 1 N–H and O–H groups in total. The fourth-order valence-electron chi connectivity index (χ4n) is 0.776. The van der Waals surface area contributed by atoms with Crippen LogP contribution in [0, 0.1) is 0 Å². The highest BCUT2D eigenvalue weighted by atomic mass is 14.9. The average molecular weight is 127 g/mol. The fraction of sp³-hybridized carbons (Fsp3) is 0.750. The van der Waals surface area contributed by atoms with E-state index in [1.807, 2.05) is 13.8 Å². The Bertz CT molecular complexity index is 91.1. The molecule has 9 heavy (non-hydrogen) atoms.